The van der Waals surface area contributed by atoms with Gasteiger partial charge in [0, 0.05) is 0 Å². The number of carbonyl (C=O) groups is 2. The number of rotatable bonds is 5. The highest BCUT2D eigenvalue weighted by Crippen LogP contribution is 2.33. The Bertz CT molecular complexity index is 565. The summed E-state index contributed by atoms with van der Waals surface area (Å²) in [5.74, 6) is 0.761. The zero-order valence-electron chi connectivity index (χ0n) is 13.0. The van der Waals surface area contributed by atoms with Gasteiger partial charge in [0.2, 0.25) is 5.91 Å². The third kappa shape index (κ3) is 3.08. The number of hydrogen-bond acceptors (Lipinski definition) is 4. The van der Waals surface area contributed by atoms with Crippen LogP contribution in [0.4, 0.5) is 0 Å². The van der Waals surface area contributed by atoms with Gasteiger partial charge in [-0.3, -0.25) is 9.59 Å². The van der Waals surface area contributed by atoms with Crippen LogP contribution in [0.2, 0.25) is 0 Å². The molecule has 1 aliphatic heterocycles. The molecule has 1 heterocycles. The molecule has 5 heteroatoms. The second-order valence-electron chi connectivity index (χ2n) is 6.03. The van der Waals surface area contributed by atoms with Crippen LogP contribution >= 0.6 is 0 Å². The fourth-order valence-corrected chi connectivity index (χ4v) is 2.79. The van der Waals surface area contributed by atoms with Crippen molar-refractivity contribution in [3.05, 3.63) is 29.8 Å². The topological polar surface area (TPSA) is 55.8 Å². The molecule has 0 spiro atoms. The smallest absolute Gasteiger partial charge is 0.309 e. The van der Waals surface area contributed by atoms with Gasteiger partial charge in [-0.25, -0.2) is 0 Å². The predicted octanol–water partition coefficient (Wildman–Crippen LogP) is 2.31. The van der Waals surface area contributed by atoms with E-state index in [1.807, 2.05) is 31.2 Å². The third-order valence-electron chi connectivity index (χ3n) is 4.38. The Balaban J connectivity index is 1.62. The van der Waals surface area contributed by atoms with Gasteiger partial charge in [0.15, 0.2) is 0 Å². The van der Waals surface area contributed by atoms with Crippen LogP contribution in [0, 0.1) is 5.92 Å². The van der Waals surface area contributed by atoms with E-state index in [-0.39, 0.29) is 29.9 Å². The molecule has 2 fully saturated rings. The first kappa shape index (κ1) is 14.9. The summed E-state index contributed by atoms with van der Waals surface area (Å²) in [5, 5.41) is 0. The zero-order chi connectivity index (χ0) is 15.7. The van der Waals surface area contributed by atoms with Crippen molar-refractivity contribution < 1.29 is 19.1 Å². The molecule has 0 radical (unpaired) electrons. The van der Waals surface area contributed by atoms with Crippen molar-refractivity contribution >= 4 is 11.9 Å². The Kier molecular flexibility index (Phi) is 4.05. The second-order valence-corrected chi connectivity index (χ2v) is 6.03. The van der Waals surface area contributed by atoms with Gasteiger partial charge < -0.3 is 14.4 Å². The number of hydrogen-bond donors (Lipinski definition) is 0. The first-order valence-electron chi connectivity index (χ1n) is 7.72. The molecule has 22 heavy (non-hydrogen) atoms. The van der Waals surface area contributed by atoms with Gasteiger partial charge in [-0.15, -0.1) is 0 Å². The fourth-order valence-electron chi connectivity index (χ4n) is 2.79. The molecule has 1 aliphatic carbocycles. The largest absolute Gasteiger partial charge is 0.497 e. The number of ether oxygens (including phenoxy) is 2. The summed E-state index contributed by atoms with van der Waals surface area (Å²) in [5.41, 5.74) is 1.04. The first-order chi connectivity index (χ1) is 10.6. The molecule has 118 valence electrons. The molecule has 0 N–H and O–H groups in total. The Morgan fingerprint density at radius 1 is 1.27 bits per heavy atom. The highest BCUT2D eigenvalue weighted by atomic mass is 16.5. The van der Waals surface area contributed by atoms with Crippen LogP contribution in [-0.4, -0.2) is 36.5 Å². The lowest BCUT2D eigenvalue weighted by molar-refractivity contribution is -0.150. The van der Waals surface area contributed by atoms with Gasteiger partial charge in [-0.1, -0.05) is 12.1 Å². The number of carbonyl (C=O) groups excluding carboxylic acids is 2. The third-order valence-corrected chi connectivity index (χ3v) is 4.38. The SMILES string of the molecule is COc1ccc([C@@H](C)N2C[C@@H](OC(=O)C3CC3)CC2=O)cc1. The van der Waals surface area contributed by atoms with Crippen LogP contribution in [0.15, 0.2) is 24.3 Å². The summed E-state index contributed by atoms with van der Waals surface area (Å²) >= 11 is 0. The second kappa shape index (κ2) is 5.99. The van der Waals surface area contributed by atoms with Crippen molar-refractivity contribution in [3.63, 3.8) is 0 Å². The van der Waals surface area contributed by atoms with Crippen LogP contribution in [0.1, 0.15) is 37.8 Å². The molecule has 1 saturated carbocycles. The molecule has 1 aromatic rings. The maximum absolute atomic E-state index is 12.2. The first-order valence-corrected chi connectivity index (χ1v) is 7.72. The van der Waals surface area contributed by atoms with E-state index < -0.39 is 0 Å². The van der Waals surface area contributed by atoms with E-state index in [1.54, 1.807) is 12.0 Å². The molecule has 0 aromatic heterocycles. The molecule has 1 aromatic carbocycles. The van der Waals surface area contributed by atoms with Crippen LogP contribution in [-0.2, 0) is 14.3 Å². The summed E-state index contributed by atoms with van der Waals surface area (Å²) in [7, 11) is 1.63. The minimum atomic E-state index is -0.304. The lowest BCUT2D eigenvalue weighted by atomic mass is 10.1. The quantitative estimate of drug-likeness (QED) is 0.783. The molecule has 1 amide bonds. The predicted molar refractivity (Wildman–Crippen MR) is 80.3 cm³/mol. The van der Waals surface area contributed by atoms with E-state index in [0.717, 1.165) is 24.2 Å². The van der Waals surface area contributed by atoms with Gasteiger partial charge >= 0.3 is 5.97 Å². The van der Waals surface area contributed by atoms with E-state index in [2.05, 4.69) is 0 Å². The van der Waals surface area contributed by atoms with Gasteiger partial charge in [0.1, 0.15) is 11.9 Å². The van der Waals surface area contributed by atoms with Crippen molar-refractivity contribution in [2.45, 2.75) is 38.3 Å². The summed E-state index contributed by atoms with van der Waals surface area (Å²) in [6, 6.07) is 7.65. The summed E-state index contributed by atoms with van der Waals surface area (Å²) in [6.07, 6.45) is 1.83. The van der Waals surface area contributed by atoms with Crippen molar-refractivity contribution in [3.8, 4) is 5.75 Å². The van der Waals surface area contributed by atoms with E-state index >= 15 is 0 Å². The molecule has 1 saturated heterocycles. The van der Waals surface area contributed by atoms with Gasteiger partial charge in [-0.2, -0.15) is 0 Å². The minimum Gasteiger partial charge on any atom is -0.497 e. The van der Waals surface area contributed by atoms with E-state index in [0.29, 0.717) is 13.0 Å². The number of likely N-dealkylation sites (tertiary alicyclic amines) is 1. The van der Waals surface area contributed by atoms with E-state index in [9.17, 15) is 9.59 Å². The molecule has 2 aliphatic rings. The van der Waals surface area contributed by atoms with E-state index in [1.165, 1.54) is 0 Å². The number of nitrogens with zero attached hydrogens (tertiary/aromatic N) is 1. The maximum atomic E-state index is 12.2. The van der Waals surface area contributed by atoms with E-state index in [4.69, 9.17) is 9.47 Å². The zero-order valence-corrected chi connectivity index (χ0v) is 13.0. The summed E-state index contributed by atoms with van der Waals surface area (Å²) in [4.78, 5) is 25.7. The lowest BCUT2D eigenvalue weighted by Crippen LogP contribution is -2.30. The Labute approximate surface area is 130 Å². The molecule has 0 unspecified atom stereocenters. The molecule has 2 atom stereocenters. The monoisotopic (exact) mass is 303 g/mol. The van der Waals surface area contributed by atoms with Crippen molar-refractivity contribution in [2.24, 2.45) is 5.92 Å². The van der Waals surface area contributed by atoms with Crippen LogP contribution < -0.4 is 4.74 Å². The molecular weight excluding hydrogens is 282 g/mol. The van der Waals surface area contributed by atoms with Crippen LogP contribution in [0.25, 0.3) is 0 Å². The normalized spacial score (nSPS) is 22.5. The Hall–Kier alpha value is -2.04. The van der Waals surface area contributed by atoms with Crippen LogP contribution in [0.5, 0.6) is 5.75 Å². The highest BCUT2D eigenvalue weighted by molar-refractivity contribution is 5.81. The summed E-state index contributed by atoms with van der Waals surface area (Å²) < 4.78 is 10.6. The van der Waals surface area contributed by atoms with Crippen LogP contribution in [0.3, 0.4) is 0 Å². The average molecular weight is 303 g/mol. The Morgan fingerprint density at radius 3 is 2.55 bits per heavy atom. The van der Waals surface area contributed by atoms with Gasteiger partial charge in [0.25, 0.3) is 0 Å². The standard InChI is InChI=1S/C17H21NO4/c1-11(12-5-7-14(21-2)8-6-12)18-10-15(9-16(18)19)22-17(20)13-3-4-13/h5-8,11,13,15H,3-4,9-10H2,1-2H3/t11-,15+/m1/s1. The average Bonchev–Trinajstić information content (AvgIpc) is 3.31. The van der Waals surface area contributed by atoms with Crippen molar-refractivity contribution in [1.29, 1.82) is 0 Å². The number of amides is 1. The molecule has 5 nitrogen and oxygen atoms in total. The lowest BCUT2D eigenvalue weighted by Gasteiger charge is -2.25. The summed E-state index contributed by atoms with van der Waals surface area (Å²) in [6.45, 7) is 2.47. The maximum Gasteiger partial charge on any atom is 0.309 e. The molecule has 3 rings (SSSR count). The van der Waals surface area contributed by atoms with Crippen molar-refractivity contribution in [1.82, 2.24) is 4.90 Å². The van der Waals surface area contributed by atoms with Crippen molar-refractivity contribution in [2.75, 3.05) is 13.7 Å². The molecular formula is C17H21NO4. The van der Waals surface area contributed by atoms with Gasteiger partial charge in [0.05, 0.1) is 32.0 Å². The molecule has 0 bridgehead atoms. The number of benzene rings is 1. The minimum absolute atomic E-state index is 0.0388. The highest BCUT2D eigenvalue weighted by Gasteiger charge is 2.38. The Morgan fingerprint density at radius 2 is 1.95 bits per heavy atom. The fraction of sp³-hybridized carbons (Fsp3) is 0.529. The van der Waals surface area contributed by atoms with Gasteiger partial charge in [-0.05, 0) is 37.5 Å². The number of methoxy groups -OCH3 is 1. The number of esters is 1.